The molecule has 0 saturated heterocycles. The molecule has 1 atom stereocenters. The molecule has 1 rings (SSSR count). The zero-order valence-corrected chi connectivity index (χ0v) is 13.7. The van der Waals surface area contributed by atoms with Crippen molar-refractivity contribution in [2.45, 2.75) is 44.1 Å². The van der Waals surface area contributed by atoms with Crippen molar-refractivity contribution in [3.05, 3.63) is 18.0 Å². The first kappa shape index (κ1) is 16.9. The van der Waals surface area contributed by atoms with E-state index in [1.54, 1.807) is 13.3 Å². The summed E-state index contributed by atoms with van der Waals surface area (Å²) in [5, 5.41) is 0. The van der Waals surface area contributed by atoms with Crippen LogP contribution in [0.4, 0.5) is 0 Å². The van der Waals surface area contributed by atoms with Gasteiger partial charge in [0.2, 0.25) is 0 Å². The Hall–Kier alpha value is -1.14. The Kier molecular flexibility index (Phi) is 5.15. The lowest BCUT2D eigenvalue weighted by Crippen LogP contribution is -2.20. The van der Waals surface area contributed by atoms with Crippen molar-refractivity contribution in [3.63, 3.8) is 0 Å². The van der Waals surface area contributed by atoms with Gasteiger partial charge in [-0.25, -0.2) is 8.42 Å². The maximum atomic E-state index is 11.9. The van der Waals surface area contributed by atoms with E-state index in [0.29, 0.717) is 18.1 Å². The normalized spacial score (nSPS) is 14.1. The van der Waals surface area contributed by atoms with E-state index in [1.165, 1.54) is 12.3 Å². The standard InChI is InChI=1S/C14H23NO4S/c1-10(18-5)9-19-11-7-12(20(6,16)17)13(15-8-11)14(2,3)4/h7-8,10H,9H2,1-6H3/t10-/m0/s1. The minimum atomic E-state index is -3.36. The molecule has 0 radical (unpaired) electrons. The molecule has 6 heteroatoms. The van der Waals surface area contributed by atoms with Gasteiger partial charge in [-0.15, -0.1) is 0 Å². The molecule has 5 nitrogen and oxygen atoms in total. The van der Waals surface area contributed by atoms with Gasteiger partial charge in [0.1, 0.15) is 12.4 Å². The van der Waals surface area contributed by atoms with Gasteiger partial charge < -0.3 is 9.47 Å². The maximum absolute atomic E-state index is 11.9. The molecule has 0 bridgehead atoms. The lowest BCUT2D eigenvalue weighted by atomic mass is 9.91. The fourth-order valence-electron chi connectivity index (χ4n) is 1.63. The van der Waals surface area contributed by atoms with Gasteiger partial charge in [-0.05, 0) is 6.92 Å². The van der Waals surface area contributed by atoms with E-state index < -0.39 is 9.84 Å². The number of ether oxygens (including phenoxy) is 2. The van der Waals surface area contributed by atoms with Gasteiger partial charge in [0.15, 0.2) is 9.84 Å². The third kappa shape index (κ3) is 4.45. The highest BCUT2D eigenvalue weighted by molar-refractivity contribution is 7.90. The van der Waals surface area contributed by atoms with Crippen LogP contribution in [0.3, 0.4) is 0 Å². The van der Waals surface area contributed by atoms with E-state index >= 15 is 0 Å². The molecule has 0 fully saturated rings. The van der Waals surface area contributed by atoms with Gasteiger partial charge in [0.05, 0.1) is 22.9 Å². The third-order valence-electron chi connectivity index (χ3n) is 2.82. The topological polar surface area (TPSA) is 65.5 Å². The molecule has 0 spiro atoms. The highest BCUT2D eigenvalue weighted by atomic mass is 32.2. The largest absolute Gasteiger partial charge is 0.489 e. The number of hydrogen-bond acceptors (Lipinski definition) is 5. The number of hydrogen-bond donors (Lipinski definition) is 0. The molecule has 0 aliphatic rings. The van der Waals surface area contributed by atoms with Gasteiger partial charge in [-0.1, -0.05) is 20.8 Å². The smallest absolute Gasteiger partial charge is 0.177 e. The van der Waals surface area contributed by atoms with Gasteiger partial charge in [0.25, 0.3) is 0 Å². The highest BCUT2D eigenvalue weighted by Gasteiger charge is 2.25. The van der Waals surface area contributed by atoms with Gasteiger partial charge in [-0.2, -0.15) is 0 Å². The van der Waals surface area contributed by atoms with Crippen LogP contribution in [0.25, 0.3) is 0 Å². The zero-order chi connectivity index (χ0) is 15.6. The van der Waals surface area contributed by atoms with Crippen LogP contribution in [0.15, 0.2) is 17.2 Å². The molecular formula is C14H23NO4S. The maximum Gasteiger partial charge on any atom is 0.177 e. The first-order valence-electron chi connectivity index (χ1n) is 6.42. The Morgan fingerprint density at radius 1 is 1.35 bits per heavy atom. The highest BCUT2D eigenvalue weighted by Crippen LogP contribution is 2.29. The number of pyridine rings is 1. The second-order valence-corrected chi connectivity index (χ2v) is 7.88. The molecule has 0 amide bonds. The molecule has 0 aliphatic carbocycles. The number of rotatable bonds is 5. The van der Waals surface area contributed by atoms with Crippen molar-refractivity contribution in [1.29, 1.82) is 0 Å². The van der Waals surface area contributed by atoms with Crippen LogP contribution in [-0.4, -0.2) is 39.5 Å². The molecule has 0 unspecified atom stereocenters. The predicted octanol–water partition coefficient (Wildman–Crippen LogP) is 2.20. The monoisotopic (exact) mass is 301 g/mol. The van der Waals surface area contributed by atoms with Crippen LogP contribution in [0.5, 0.6) is 5.75 Å². The number of nitrogens with zero attached hydrogens (tertiary/aromatic N) is 1. The Morgan fingerprint density at radius 2 is 1.95 bits per heavy atom. The molecule has 0 saturated carbocycles. The SMILES string of the molecule is CO[C@@H](C)COc1cnc(C(C)(C)C)c(S(C)(=O)=O)c1. The van der Waals surface area contributed by atoms with Crippen LogP contribution in [0, 0.1) is 0 Å². The number of methoxy groups -OCH3 is 1. The quantitative estimate of drug-likeness (QED) is 0.834. The predicted molar refractivity (Wildman–Crippen MR) is 78.0 cm³/mol. The molecule has 1 heterocycles. The Balaban J connectivity index is 3.16. The molecule has 1 aromatic rings. The van der Waals surface area contributed by atoms with Crippen LogP contribution in [-0.2, 0) is 20.0 Å². The number of aromatic nitrogens is 1. The summed E-state index contributed by atoms with van der Waals surface area (Å²) in [6.45, 7) is 8.00. The van der Waals surface area contributed by atoms with Gasteiger partial charge in [0, 0.05) is 24.8 Å². The summed E-state index contributed by atoms with van der Waals surface area (Å²) in [4.78, 5) is 4.49. The summed E-state index contributed by atoms with van der Waals surface area (Å²) in [5.74, 6) is 0.433. The van der Waals surface area contributed by atoms with Crippen LogP contribution in [0.1, 0.15) is 33.4 Å². The van der Waals surface area contributed by atoms with E-state index in [0.717, 1.165) is 0 Å². The van der Waals surface area contributed by atoms with E-state index in [1.807, 2.05) is 27.7 Å². The minimum absolute atomic E-state index is 0.0704. The summed E-state index contributed by atoms with van der Waals surface area (Å²) >= 11 is 0. The minimum Gasteiger partial charge on any atom is -0.489 e. The summed E-state index contributed by atoms with van der Waals surface area (Å²) in [6, 6.07) is 1.53. The Bertz CT molecular complexity index is 561. The van der Waals surface area contributed by atoms with E-state index in [4.69, 9.17) is 9.47 Å². The molecule has 114 valence electrons. The van der Waals surface area contributed by atoms with Crippen LogP contribution >= 0.6 is 0 Å². The fraction of sp³-hybridized carbons (Fsp3) is 0.643. The Labute approximate surface area is 121 Å². The first-order chi connectivity index (χ1) is 9.05. The van der Waals surface area contributed by atoms with Crippen molar-refractivity contribution in [2.24, 2.45) is 0 Å². The molecule has 0 aliphatic heterocycles. The molecule has 1 aromatic heterocycles. The molecular weight excluding hydrogens is 278 g/mol. The third-order valence-corrected chi connectivity index (χ3v) is 3.93. The van der Waals surface area contributed by atoms with Crippen molar-refractivity contribution < 1.29 is 17.9 Å². The summed E-state index contributed by atoms with van der Waals surface area (Å²) < 4.78 is 34.4. The fourth-order valence-corrected chi connectivity index (χ4v) is 2.67. The van der Waals surface area contributed by atoms with Gasteiger partial charge >= 0.3 is 0 Å². The van der Waals surface area contributed by atoms with E-state index in [-0.39, 0.29) is 16.4 Å². The average molecular weight is 301 g/mol. The first-order valence-corrected chi connectivity index (χ1v) is 8.31. The van der Waals surface area contributed by atoms with Crippen molar-refractivity contribution in [3.8, 4) is 5.75 Å². The van der Waals surface area contributed by atoms with Crippen molar-refractivity contribution >= 4 is 9.84 Å². The Morgan fingerprint density at radius 3 is 2.40 bits per heavy atom. The van der Waals surface area contributed by atoms with E-state index in [9.17, 15) is 8.42 Å². The number of sulfone groups is 1. The van der Waals surface area contributed by atoms with E-state index in [2.05, 4.69) is 4.98 Å². The average Bonchev–Trinajstić information content (AvgIpc) is 2.33. The second-order valence-electron chi connectivity index (χ2n) is 5.90. The van der Waals surface area contributed by atoms with Gasteiger partial charge in [-0.3, -0.25) is 4.98 Å². The molecule has 20 heavy (non-hydrogen) atoms. The van der Waals surface area contributed by atoms with Crippen LogP contribution in [0.2, 0.25) is 0 Å². The van der Waals surface area contributed by atoms with Crippen molar-refractivity contribution in [1.82, 2.24) is 4.98 Å². The lowest BCUT2D eigenvalue weighted by Gasteiger charge is -2.21. The molecule has 0 N–H and O–H groups in total. The molecule has 0 aromatic carbocycles. The lowest BCUT2D eigenvalue weighted by molar-refractivity contribution is 0.0714. The summed E-state index contributed by atoms with van der Waals surface area (Å²) in [5.41, 5.74) is 0.198. The second kappa shape index (κ2) is 6.10. The zero-order valence-electron chi connectivity index (χ0n) is 12.9. The summed E-state index contributed by atoms with van der Waals surface area (Å²) in [6.07, 6.45) is 2.66. The summed E-state index contributed by atoms with van der Waals surface area (Å²) in [7, 11) is -1.76. The van der Waals surface area contributed by atoms with Crippen LogP contribution < -0.4 is 4.74 Å². The van der Waals surface area contributed by atoms with Crippen molar-refractivity contribution in [2.75, 3.05) is 20.0 Å².